The van der Waals surface area contributed by atoms with Crippen LogP contribution in [-0.2, 0) is 6.54 Å². The molecule has 2 N–H and O–H groups in total. The van der Waals surface area contributed by atoms with Crippen LogP contribution in [0.25, 0.3) is 0 Å². The topological polar surface area (TPSA) is 38.5 Å². The Labute approximate surface area is 130 Å². The summed E-state index contributed by atoms with van der Waals surface area (Å²) in [4.78, 5) is 3.88. The van der Waals surface area contributed by atoms with Gasteiger partial charge in [-0.05, 0) is 43.3 Å². The Bertz CT molecular complexity index is 591. The highest BCUT2D eigenvalue weighted by molar-refractivity contribution is 7.09. The summed E-state index contributed by atoms with van der Waals surface area (Å²) >= 11 is 1.81. The smallest absolute Gasteiger partial charge is 0.125 e. The third kappa shape index (κ3) is 3.06. The van der Waals surface area contributed by atoms with Gasteiger partial charge in [-0.2, -0.15) is 0 Å². The Kier molecular flexibility index (Phi) is 4.17. The molecule has 1 heterocycles. The molecule has 1 aromatic carbocycles. The molecule has 0 unspecified atom stereocenters. The number of nitrogens with zero attached hydrogens (tertiary/aromatic N) is 1. The van der Waals surface area contributed by atoms with Crippen molar-refractivity contribution in [3.63, 3.8) is 0 Å². The van der Waals surface area contributed by atoms with Crippen molar-refractivity contribution in [2.45, 2.75) is 38.4 Å². The highest BCUT2D eigenvalue weighted by Gasteiger charge is 2.31. The standard InChI is InChI=1S/C17H22N2OS/c1-12(18)17-15(6-3-7-16(17)20-2)19(13-8-9-13)11-14-5-4-10-21-14/h3-7,10,12-13H,8-9,11,18H2,1-2H3/t12-/m0/s1. The average Bonchev–Trinajstić information content (AvgIpc) is 3.20. The highest BCUT2D eigenvalue weighted by Crippen LogP contribution is 2.40. The Morgan fingerprint density at radius 3 is 2.71 bits per heavy atom. The number of rotatable bonds is 6. The lowest BCUT2D eigenvalue weighted by atomic mass is 10.0. The third-order valence-corrected chi connectivity index (χ3v) is 4.78. The van der Waals surface area contributed by atoms with E-state index in [-0.39, 0.29) is 6.04 Å². The second-order valence-electron chi connectivity index (χ2n) is 5.62. The van der Waals surface area contributed by atoms with E-state index in [0.717, 1.165) is 17.9 Å². The number of thiophene rings is 1. The second kappa shape index (κ2) is 6.08. The van der Waals surface area contributed by atoms with Crippen molar-refractivity contribution in [2.75, 3.05) is 12.0 Å². The Morgan fingerprint density at radius 2 is 2.14 bits per heavy atom. The van der Waals surface area contributed by atoms with Gasteiger partial charge in [0.25, 0.3) is 0 Å². The van der Waals surface area contributed by atoms with Gasteiger partial charge in [-0.3, -0.25) is 0 Å². The molecule has 3 rings (SSSR count). The normalized spacial score (nSPS) is 15.8. The summed E-state index contributed by atoms with van der Waals surface area (Å²) in [5.41, 5.74) is 8.56. The minimum absolute atomic E-state index is 0.0410. The van der Waals surface area contributed by atoms with Crippen LogP contribution in [0.2, 0.25) is 0 Å². The van der Waals surface area contributed by atoms with Gasteiger partial charge in [0.2, 0.25) is 0 Å². The first-order chi connectivity index (χ1) is 10.2. The van der Waals surface area contributed by atoms with E-state index < -0.39 is 0 Å². The lowest BCUT2D eigenvalue weighted by Crippen LogP contribution is -2.27. The van der Waals surface area contributed by atoms with E-state index in [1.165, 1.54) is 23.4 Å². The van der Waals surface area contributed by atoms with Crippen LogP contribution in [0, 0.1) is 0 Å². The molecule has 112 valence electrons. The second-order valence-corrected chi connectivity index (χ2v) is 6.65. The minimum Gasteiger partial charge on any atom is -0.496 e. The summed E-state index contributed by atoms with van der Waals surface area (Å²) < 4.78 is 5.53. The maximum atomic E-state index is 6.22. The van der Waals surface area contributed by atoms with Crippen LogP contribution >= 0.6 is 11.3 Å². The number of hydrogen-bond donors (Lipinski definition) is 1. The maximum Gasteiger partial charge on any atom is 0.125 e. The van der Waals surface area contributed by atoms with Crippen LogP contribution < -0.4 is 15.4 Å². The first-order valence-corrected chi connectivity index (χ1v) is 8.30. The zero-order chi connectivity index (χ0) is 14.8. The van der Waals surface area contributed by atoms with Crippen LogP contribution in [0.3, 0.4) is 0 Å². The number of methoxy groups -OCH3 is 1. The Hall–Kier alpha value is -1.52. The molecular formula is C17H22N2OS. The molecule has 3 nitrogen and oxygen atoms in total. The number of ether oxygens (including phenoxy) is 1. The largest absolute Gasteiger partial charge is 0.496 e. The quantitative estimate of drug-likeness (QED) is 0.878. The predicted octanol–water partition coefficient (Wildman–Crippen LogP) is 3.95. The van der Waals surface area contributed by atoms with Gasteiger partial charge in [0.15, 0.2) is 0 Å². The molecule has 1 aromatic heterocycles. The van der Waals surface area contributed by atoms with E-state index in [0.29, 0.717) is 6.04 Å². The first kappa shape index (κ1) is 14.4. The zero-order valence-corrected chi connectivity index (χ0v) is 13.4. The lowest BCUT2D eigenvalue weighted by Gasteiger charge is -2.29. The molecule has 1 atom stereocenters. The van der Waals surface area contributed by atoms with Gasteiger partial charge in [0, 0.05) is 28.2 Å². The summed E-state index contributed by atoms with van der Waals surface area (Å²) in [6.45, 7) is 2.98. The van der Waals surface area contributed by atoms with Crippen LogP contribution in [0.4, 0.5) is 5.69 Å². The summed E-state index contributed by atoms with van der Waals surface area (Å²) in [7, 11) is 1.71. The molecule has 4 heteroatoms. The average molecular weight is 302 g/mol. The van der Waals surface area contributed by atoms with Crippen molar-refractivity contribution in [1.82, 2.24) is 0 Å². The fourth-order valence-electron chi connectivity index (χ4n) is 2.79. The van der Waals surface area contributed by atoms with Crippen LogP contribution in [0.15, 0.2) is 35.7 Å². The summed E-state index contributed by atoms with van der Waals surface area (Å²) in [6, 6.07) is 11.1. The van der Waals surface area contributed by atoms with Crippen molar-refractivity contribution in [3.05, 3.63) is 46.2 Å². The molecule has 1 aliphatic carbocycles. The number of nitrogens with two attached hydrogens (primary N) is 1. The van der Waals surface area contributed by atoms with Gasteiger partial charge in [0.1, 0.15) is 5.75 Å². The Morgan fingerprint density at radius 1 is 1.33 bits per heavy atom. The van der Waals surface area contributed by atoms with Crippen LogP contribution in [0.1, 0.15) is 36.2 Å². The van der Waals surface area contributed by atoms with Crippen molar-refractivity contribution < 1.29 is 4.74 Å². The minimum atomic E-state index is -0.0410. The van der Waals surface area contributed by atoms with E-state index in [4.69, 9.17) is 10.5 Å². The van der Waals surface area contributed by atoms with Crippen LogP contribution in [-0.4, -0.2) is 13.2 Å². The number of anilines is 1. The van der Waals surface area contributed by atoms with E-state index in [9.17, 15) is 0 Å². The first-order valence-electron chi connectivity index (χ1n) is 7.42. The Balaban J connectivity index is 1.99. The molecule has 2 aromatic rings. The fourth-order valence-corrected chi connectivity index (χ4v) is 3.49. The molecule has 0 amide bonds. The highest BCUT2D eigenvalue weighted by atomic mass is 32.1. The third-order valence-electron chi connectivity index (χ3n) is 3.92. The monoisotopic (exact) mass is 302 g/mol. The van der Waals surface area contributed by atoms with Crippen molar-refractivity contribution >= 4 is 17.0 Å². The number of benzene rings is 1. The lowest BCUT2D eigenvalue weighted by molar-refractivity contribution is 0.407. The summed E-state index contributed by atoms with van der Waals surface area (Å²) in [6.07, 6.45) is 2.53. The fraction of sp³-hybridized carbons (Fsp3) is 0.412. The van der Waals surface area contributed by atoms with Gasteiger partial charge in [0.05, 0.1) is 13.7 Å². The van der Waals surface area contributed by atoms with Gasteiger partial charge < -0.3 is 15.4 Å². The SMILES string of the molecule is COc1cccc(N(Cc2cccs2)C2CC2)c1[C@H](C)N. The molecule has 0 saturated heterocycles. The molecule has 0 spiro atoms. The van der Waals surface area contributed by atoms with E-state index in [1.54, 1.807) is 7.11 Å². The molecule has 0 radical (unpaired) electrons. The zero-order valence-electron chi connectivity index (χ0n) is 12.6. The molecule has 1 aliphatic rings. The van der Waals surface area contributed by atoms with Gasteiger partial charge in [-0.25, -0.2) is 0 Å². The van der Waals surface area contributed by atoms with Gasteiger partial charge >= 0.3 is 0 Å². The summed E-state index contributed by atoms with van der Waals surface area (Å²) in [5.74, 6) is 0.888. The van der Waals surface area contributed by atoms with Gasteiger partial charge in [-0.15, -0.1) is 11.3 Å². The summed E-state index contributed by atoms with van der Waals surface area (Å²) in [5, 5.41) is 2.14. The van der Waals surface area contributed by atoms with E-state index in [2.05, 4.69) is 34.5 Å². The van der Waals surface area contributed by atoms with Crippen molar-refractivity contribution in [3.8, 4) is 5.75 Å². The molecule has 0 aliphatic heterocycles. The molecule has 21 heavy (non-hydrogen) atoms. The van der Waals surface area contributed by atoms with Gasteiger partial charge in [-0.1, -0.05) is 12.1 Å². The van der Waals surface area contributed by atoms with Crippen LogP contribution in [0.5, 0.6) is 5.75 Å². The van der Waals surface area contributed by atoms with Crippen molar-refractivity contribution in [1.29, 1.82) is 0 Å². The number of hydrogen-bond acceptors (Lipinski definition) is 4. The van der Waals surface area contributed by atoms with E-state index in [1.807, 2.05) is 24.3 Å². The molecular weight excluding hydrogens is 280 g/mol. The van der Waals surface area contributed by atoms with E-state index >= 15 is 0 Å². The maximum absolute atomic E-state index is 6.22. The predicted molar refractivity (Wildman–Crippen MR) is 89.1 cm³/mol. The van der Waals surface area contributed by atoms with Crippen molar-refractivity contribution in [2.24, 2.45) is 5.73 Å². The molecule has 0 bridgehead atoms. The molecule has 1 saturated carbocycles. The molecule has 1 fully saturated rings.